The number of carbonyl (C=O) groups is 1. The van der Waals surface area contributed by atoms with Gasteiger partial charge < -0.3 is 4.79 Å². The molecular weight excluding hydrogens is 356 g/mol. The molecule has 3 rings (SSSR count). The normalized spacial score (nSPS) is 12.7. The molecule has 0 bridgehead atoms. The van der Waals surface area contributed by atoms with Gasteiger partial charge in [-0.1, -0.05) is 0 Å². The van der Waals surface area contributed by atoms with Crippen LogP contribution in [0.15, 0.2) is 53.7 Å². The average molecular weight is 372 g/mol. The van der Waals surface area contributed by atoms with E-state index in [0.717, 1.165) is 5.56 Å². The number of tetrazole rings is 1. The number of benzene rings is 1. The van der Waals surface area contributed by atoms with Crippen molar-refractivity contribution in [2.45, 2.75) is 24.4 Å². The number of sulfonamides is 1. The molecule has 0 saturated carbocycles. The van der Waals surface area contributed by atoms with Gasteiger partial charge in [-0.15, -0.1) is 10.2 Å². The summed E-state index contributed by atoms with van der Waals surface area (Å²) in [6, 6.07) is 8.96. The number of nitrogens with one attached hydrogen (secondary N) is 1. The van der Waals surface area contributed by atoms with Crippen molar-refractivity contribution in [3.05, 3.63) is 54.4 Å². The van der Waals surface area contributed by atoms with E-state index in [-0.39, 0.29) is 4.90 Å². The van der Waals surface area contributed by atoms with E-state index in [1.807, 2.05) is 12.1 Å². The van der Waals surface area contributed by atoms with E-state index in [4.69, 9.17) is 0 Å². The molecule has 0 fully saturated rings. The van der Waals surface area contributed by atoms with Crippen LogP contribution in [-0.4, -0.2) is 45.9 Å². The fraction of sp³-hybridized carbons (Fsp3) is 0.188. The molecule has 0 aliphatic carbocycles. The van der Waals surface area contributed by atoms with Gasteiger partial charge in [0.25, 0.3) is 0 Å². The van der Waals surface area contributed by atoms with E-state index in [2.05, 4.69) is 25.1 Å². The van der Waals surface area contributed by atoms with E-state index < -0.39 is 16.1 Å². The molecule has 0 amide bonds. The topological polar surface area (TPSA) is 120 Å². The minimum Gasteiger partial charge on any atom is -0.302 e. The van der Waals surface area contributed by atoms with Crippen LogP contribution in [0.1, 0.15) is 12.5 Å². The summed E-state index contributed by atoms with van der Waals surface area (Å²) in [5, 5.41) is 12.3. The monoisotopic (exact) mass is 372 g/mol. The Morgan fingerprint density at radius 2 is 1.85 bits per heavy atom. The van der Waals surface area contributed by atoms with Crippen molar-refractivity contribution in [1.82, 2.24) is 29.9 Å². The van der Waals surface area contributed by atoms with Gasteiger partial charge in [0.15, 0.2) is 0 Å². The number of carbonyl (C=O) groups excluding carboxylic acids is 1. The Bertz CT molecular complexity index is 986. The summed E-state index contributed by atoms with van der Waals surface area (Å²) in [7, 11) is -3.75. The van der Waals surface area contributed by atoms with Crippen molar-refractivity contribution < 1.29 is 13.2 Å². The lowest BCUT2D eigenvalue weighted by Gasteiger charge is -2.08. The lowest BCUT2D eigenvalue weighted by Crippen LogP contribution is -2.33. The molecule has 0 aliphatic rings. The molecule has 3 aromatic rings. The van der Waals surface area contributed by atoms with E-state index in [0.29, 0.717) is 24.2 Å². The molecule has 0 aliphatic heterocycles. The van der Waals surface area contributed by atoms with Crippen LogP contribution in [0.25, 0.3) is 11.4 Å². The summed E-state index contributed by atoms with van der Waals surface area (Å²) in [6.07, 6.45) is 3.90. The minimum absolute atomic E-state index is 0.0547. The second-order valence-corrected chi connectivity index (χ2v) is 7.28. The molecule has 2 heterocycles. The molecule has 2 aromatic heterocycles. The predicted octanol–water partition coefficient (Wildman–Crippen LogP) is 0.649. The Morgan fingerprint density at radius 3 is 2.50 bits per heavy atom. The Labute approximate surface area is 150 Å². The largest absolute Gasteiger partial charge is 0.302 e. The zero-order valence-electron chi connectivity index (χ0n) is 13.8. The second kappa shape index (κ2) is 7.50. The highest BCUT2D eigenvalue weighted by atomic mass is 32.2. The van der Waals surface area contributed by atoms with Gasteiger partial charge in [0, 0.05) is 18.0 Å². The molecular formula is C16H16N6O3S. The first kappa shape index (κ1) is 17.8. The molecule has 1 N–H and O–H groups in total. The van der Waals surface area contributed by atoms with Crippen molar-refractivity contribution in [2.24, 2.45) is 0 Å². The number of aldehydes is 1. The molecule has 1 unspecified atom stereocenters. The van der Waals surface area contributed by atoms with E-state index >= 15 is 0 Å². The number of hydrogen-bond acceptors (Lipinski definition) is 7. The van der Waals surface area contributed by atoms with Crippen LogP contribution in [-0.2, 0) is 21.4 Å². The highest BCUT2D eigenvalue weighted by molar-refractivity contribution is 7.89. The second-order valence-electron chi connectivity index (χ2n) is 5.57. The number of hydrogen-bond donors (Lipinski definition) is 1. The third kappa shape index (κ3) is 4.16. The molecule has 134 valence electrons. The summed E-state index contributed by atoms with van der Waals surface area (Å²) in [5.74, 6) is 0.386. The van der Waals surface area contributed by atoms with Gasteiger partial charge in [-0.25, -0.2) is 13.1 Å². The van der Waals surface area contributed by atoms with Crippen molar-refractivity contribution in [3.8, 4) is 11.4 Å². The first-order valence-corrected chi connectivity index (χ1v) is 9.21. The first-order chi connectivity index (χ1) is 12.5. The Hall–Kier alpha value is -2.98. The van der Waals surface area contributed by atoms with Crippen LogP contribution in [0.5, 0.6) is 0 Å². The Kier molecular flexibility index (Phi) is 5.14. The van der Waals surface area contributed by atoms with Crippen molar-refractivity contribution in [2.75, 3.05) is 0 Å². The molecule has 1 atom stereocenters. The number of rotatable bonds is 7. The molecule has 10 heteroatoms. The SMILES string of the molecule is CC(C=O)NS(=O)(=O)c1ccc(-c2nnn(Cc3ccncc3)n2)cc1. The molecule has 1 aromatic carbocycles. The smallest absolute Gasteiger partial charge is 0.241 e. The van der Waals surface area contributed by atoms with Crippen LogP contribution in [0, 0.1) is 0 Å². The van der Waals surface area contributed by atoms with E-state index in [9.17, 15) is 13.2 Å². The van der Waals surface area contributed by atoms with Crippen LogP contribution in [0.2, 0.25) is 0 Å². The summed E-state index contributed by atoms with van der Waals surface area (Å²) in [4.78, 5) is 16.1. The van der Waals surface area contributed by atoms with E-state index in [1.165, 1.54) is 23.9 Å². The van der Waals surface area contributed by atoms with Gasteiger partial charge in [-0.05, 0) is 54.1 Å². The lowest BCUT2D eigenvalue weighted by molar-refractivity contribution is -0.108. The third-order valence-corrected chi connectivity index (χ3v) is 5.07. The molecule has 0 saturated heterocycles. The standard InChI is InChI=1S/C16H16N6O3S/c1-12(11-23)20-26(24,25)15-4-2-14(3-5-15)16-18-21-22(19-16)10-13-6-8-17-9-7-13/h2-9,11-12,20H,10H2,1H3. The fourth-order valence-corrected chi connectivity index (χ4v) is 3.38. The van der Waals surface area contributed by atoms with Gasteiger partial charge in [0.2, 0.25) is 15.8 Å². The van der Waals surface area contributed by atoms with Crippen LogP contribution in [0.4, 0.5) is 0 Å². The van der Waals surface area contributed by atoms with E-state index in [1.54, 1.807) is 24.5 Å². The van der Waals surface area contributed by atoms with Gasteiger partial charge in [0.05, 0.1) is 17.5 Å². The fourth-order valence-electron chi connectivity index (χ4n) is 2.20. The molecule has 0 spiro atoms. The number of aromatic nitrogens is 5. The molecule has 26 heavy (non-hydrogen) atoms. The minimum atomic E-state index is -3.75. The summed E-state index contributed by atoms with van der Waals surface area (Å²) >= 11 is 0. The average Bonchev–Trinajstić information content (AvgIpc) is 3.11. The Morgan fingerprint density at radius 1 is 1.15 bits per heavy atom. The first-order valence-electron chi connectivity index (χ1n) is 7.73. The number of nitrogens with zero attached hydrogens (tertiary/aromatic N) is 5. The zero-order chi connectivity index (χ0) is 18.6. The summed E-state index contributed by atoms with van der Waals surface area (Å²) < 4.78 is 26.5. The number of pyridine rings is 1. The quantitative estimate of drug-likeness (QED) is 0.605. The maximum Gasteiger partial charge on any atom is 0.241 e. The maximum absolute atomic E-state index is 12.1. The predicted molar refractivity (Wildman–Crippen MR) is 92.4 cm³/mol. The van der Waals surface area contributed by atoms with Crippen molar-refractivity contribution >= 4 is 16.3 Å². The van der Waals surface area contributed by atoms with Crippen LogP contribution < -0.4 is 4.72 Å². The van der Waals surface area contributed by atoms with Crippen LogP contribution >= 0.6 is 0 Å². The zero-order valence-corrected chi connectivity index (χ0v) is 14.7. The van der Waals surface area contributed by atoms with Crippen LogP contribution in [0.3, 0.4) is 0 Å². The maximum atomic E-state index is 12.1. The summed E-state index contributed by atoms with van der Waals surface area (Å²) in [6.45, 7) is 1.92. The van der Waals surface area contributed by atoms with Gasteiger partial charge >= 0.3 is 0 Å². The molecule has 0 radical (unpaired) electrons. The highest BCUT2D eigenvalue weighted by Gasteiger charge is 2.17. The lowest BCUT2D eigenvalue weighted by atomic mass is 10.2. The molecule has 9 nitrogen and oxygen atoms in total. The van der Waals surface area contributed by atoms with Gasteiger partial charge in [-0.2, -0.15) is 4.80 Å². The Balaban J connectivity index is 1.76. The van der Waals surface area contributed by atoms with Gasteiger partial charge in [0.1, 0.15) is 6.29 Å². The third-order valence-electron chi connectivity index (χ3n) is 3.49. The highest BCUT2D eigenvalue weighted by Crippen LogP contribution is 2.17. The van der Waals surface area contributed by atoms with Gasteiger partial charge in [-0.3, -0.25) is 4.98 Å². The van der Waals surface area contributed by atoms with Crippen molar-refractivity contribution in [3.63, 3.8) is 0 Å². The van der Waals surface area contributed by atoms with Crippen molar-refractivity contribution in [1.29, 1.82) is 0 Å². The summed E-state index contributed by atoms with van der Waals surface area (Å²) in [5.41, 5.74) is 1.62.